The average Bonchev–Trinajstić information content (AvgIpc) is 2.62. The zero-order valence-electron chi connectivity index (χ0n) is 13.3. The highest BCUT2D eigenvalue weighted by Crippen LogP contribution is 2.22. The summed E-state index contributed by atoms with van der Waals surface area (Å²) in [5.41, 5.74) is 4.16. The van der Waals surface area contributed by atoms with Crippen molar-refractivity contribution >= 4 is 5.91 Å². The average molecular weight is 317 g/mol. The second kappa shape index (κ2) is 7.47. The molecule has 1 amide bonds. The smallest absolute Gasteiger partial charge is 0.224 e. The van der Waals surface area contributed by atoms with E-state index in [0.29, 0.717) is 13.0 Å². The lowest BCUT2D eigenvalue weighted by Gasteiger charge is -2.07. The third kappa shape index (κ3) is 4.23. The van der Waals surface area contributed by atoms with Gasteiger partial charge in [0.25, 0.3) is 0 Å². The molecule has 3 aromatic rings. The van der Waals surface area contributed by atoms with E-state index in [1.807, 2.05) is 66.7 Å². The largest absolute Gasteiger partial charge is 0.508 e. The Bertz CT molecular complexity index is 794. The first-order valence-electron chi connectivity index (χ1n) is 7.90. The molecule has 0 radical (unpaired) electrons. The van der Waals surface area contributed by atoms with Crippen LogP contribution >= 0.6 is 0 Å². The summed E-state index contributed by atoms with van der Waals surface area (Å²) in [7, 11) is 0. The quantitative estimate of drug-likeness (QED) is 0.749. The van der Waals surface area contributed by atoms with E-state index in [1.54, 1.807) is 12.1 Å². The summed E-state index contributed by atoms with van der Waals surface area (Å²) < 4.78 is 0. The lowest BCUT2D eigenvalue weighted by atomic mass is 10.0. The summed E-state index contributed by atoms with van der Waals surface area (Å²) in [6, 6.07) is 24.9. The minimum Gasteiger partial charge on any atom is -0.508 e. The van der Waals surface area contributed by atoms with Crippen molar-refractivity contribution in [1.82, 2.24) is 5.32 Å². The van der Waals surface area contributed by atoms with Crippen LogP contribution in [-0.4, -0.2) is 11.0 Å². The number of rotatable bonds is 5. The van der Waals surface area contributed by atoms with Crippen LogP contribution in [-0.2, 0) is 17.8 Å². The van der Waals surface area contributed by atoms with E-state index in [-0.39, 0.29) is 11.7 Å². The van der Waals surface area contributed by atoms with E-state index in [0.717, 1.165) is 22.3 Å². The molecule has 0 fully saturated rings. The molecule has 3 nitrogen and oxygen atoms in total. The molecule has 24 heavy (non-hydrogen) atoms. The van der Waals surface area contributed by atoms with Crippen LogP contribution in [0.2, 0.25) is 0 Å². The monoisotopic (exact) mass is 317 g/mol. The maximum Gasteiger partial charge on any atom is 0.224 e. The Hall–Kier alpha value is -3.07. The fourth-order valence-corrected chi connectivity index (χ4v) is 2.51. The fraction of sp³-hybridized carbons (Fsp3) is 0.0952. The van der Waals surface area contributed by atoms with Crippen molar-refractivity contribution in [1.29, 1.82) is 0 Å². The number of aromatic hydroxyl groups is 1. The lowest BCUT2D eigenvalue weighted by Crippen LogP contribution is -2.24. The summed E-state index contributed by atoms with van der Waals surface area (Å²) >= 11 is 0. The van der Waals surface area contributed by atoms with Crippen LogP contribution in [0.4, 0.5) is 0 Å². The van der Waals surface area contributed by atoms with Crippen LogP contribution in [0, 0.1) is 0 Å². The molecule has 0 unspecified atom stereocenters. The van der Waals surface area contributed by atoms with Crippen molar-refractivity contribution < 1.29 is 9.90 Å². The number of carbonyl (C=O) groups is 1. The Morgan fingerprint density at radius 3 is 1.96 bits per heavy atom. The molecule has 0 aliphatic heterocycles. The van der Waals surface area contributed by atoms with E-state index in [9.17, 15) is 9.90 Å². The molecule has 3 rings (SSSR count). The molecule has 0 saturated heterocycles. The first-order chi connectivity index (χ1) is 11.7. The number of hydrogen-bond donors (Lipinski definition) is 2. The topological polar surface area (TPSA) is 49.3 Å². The normalized spacial score (nSPS) is 10.3. The highest BCUT2D eigenvalue weighted by atomic mass is 16.3. The van der Waals surface area contributed by atoms with E-state index >= 15 is 0 Å². The SMILES string of the molecule is O=C(Cc1ccc(-c2ccc(O)cc2)cc1)NCc1ccccc1. The Morgan fingerprint density at radius 1 is 0.750 bits per heavy atom. The van der Waals surface area contributed by atoms with Crippen molar-refractivity contribution in [3.8, 4) is 16.9 Å². The number of phenolic OH excluding ortho intramolecular Hbond substituents is 1. The van der Waals surface area contributed by atoms with Crippen molar-refractivity contribution in [3.05, 3.63) is 90.0 Å². The third-order valence-electron chi connectivity index (χ3n) is 3.85. The van der Waals surface area contributed by atoms with Crippen molar-refractivity contribution in [2.75, 3.05) is 0 Å². The summed E-state index contributed by atoms with van der Waals surface area (Å²) in [5, 5.41) is 12.3. The summed E-state index contributed by atoms with van der Waals surface area (Å²) in [6.07, 6.45) is 0.364. The van der Waals surface area contributed by atoms with Gasteiger partial charge in [-0.2, -0.15) is 0 Å². The van der Waals surface area contributed by atoms with E-state index in [1.165, 1.54) is 0 Å². The molecule has 0 heterocycles. The standard InChI is InChI=1S/C21H19NO2/c23-20-12-10-19(11-13-20)18-8-6-16(7-9-18)14-21(24)22-15-17-4-2-1-3-5-17/h1-13,23H,14-15H2,(H,22,24). The van der Waals surface area contributed by atoms with Gasteiger partial charge in [-0.15, -0.1) is 0 Å². The Balaban J connectivity index is 1.57. The van der Waals surface area contributed by atoms with Gasteiger partial charge in [-0.25, -0.2) is 0 Å². The van der Waals surface area contributed by atoms with Gasteiger partial charge in [0.15, 0.2) is 0 Å². The van der Waals surface area contributed by atoms with Gasteiger partial charge >= 0.3 is 0 Å². The maximum absolute atomic E-state index is 12.0. The molecule has 3 aromatic carbocycles. The number of carbonyl (C=O) groups excluding carboxylic acids is 1. The fourth-order valence-electron chi connectivity index (χ4n) is 2.51. The molecule has 0 aliphatic carbocycles. The molecule has 120 valence electrons. The highest BCUT2D eigenvalue weighted by molar-refractivity contribution is 5.78. The predicted molar refractivity (Wildman–Crippen MR) is 95.5 cm³/mol. The van der Waals surface area contributed by atoms with Crippen molar-refractivity contribution in [2.45, 2.75) is 13.0 Å². The summed E-state index contributed by atoms with van der Waals surface area (Å²) in [4.78, 5) is 12.0. The van der Waals surface area contributed by atoms with Gasteiger partial charge in [0.2, 0.25) is 5.91 Å². The zero-order valence-corrected chi connectivity index (χ0v) is 13.3. The zero-order chi connectivity index (χ0) is 16.8. The van der Waals surface area contributed by atoms with Crippen LogP contribution in [0.1, 0.15) is 11.1 Å². The number of amides is 1. The van der Waals surface area contributed by atoms with Crippen LogP contribution in [0.25, 0.3) is 11.1 Å². The van der Waals surface area contributed by atoms with Gasteiger partial charge in [0.1, 0.15) is 5.75 Å². The number of nitrogens with one attached hydrogen (secondary N) is 1. The van der Waals surface area contributed by atoms with Gasteiger partial charge in [0.05, 0.1) is 6.42 Å². The van der Waals surface area contributed by atoms with Gasteiger partial charge < -0.3 is 10.4 Å². The highest BCUT2D eigenvalue weighted by Gasteiger charge is 2.04. The Labute approximate surface area is 141 Å². The Kier molecular flexibility index (Phi) is 4.92. The lowest BCUT2D eigenvalue weighted by molar-refractivity contribution is -0.120. The molecular weight excluding hydrogens is 298 g/mol. The molecule has 3 heteroatoms. The minimum absolute atomic E-state index is 0.0104. The van der Waals surface area contributed by atoms with Gasteiger partial charge in [-0.1, -0.05) is 66.7 Å². The predicted octanol–water partition coefficient (Wildman–Crippen LogP) is 3.92. The molecule has 0 spiro atoms. The molecule has 0 atom stereocenters. The first-order valence-corrected chi connectivity index (χ1v) is 7.90. The molecule has 2 N–H and O–H groups in total. The Morgan fingerprint density at radius 2 is 1.33 bits per heavy atom. The van der Waals surface area contributed by atoms with E-state index < -0.39 is 0 Å². The van der Waals surface area contributed by atoms with Crippen molar-refractivity contribution in [3.63, 3.8) is 0 Å². The first kappa shape index (κ1) is 15.8. The van der Waals surface area contributed by atoms with Crippen LogP contribution in [0.5, 0.6) is 5.75 Å². The summed E-state index contributed by atoms with van der Waals surface area (Å²) in [6.45, 7) is 0.547. The number of hydrogen-bond acceptors (Lipinski definition) is 2. The van der Waals surface area contributed by atoms with Crippen LogP contribution in [0.3, 0.4) is 0 Å². The second-order valence-corrected chi connectivity index (χ2v) is 5.68. The van der Waals surface area contributed by atoms with Gasteiger partial charge in [-0.05, 0) is 34.4 Å². The van der Waals surface area contributed by atoms with E-state index in [2.05, 4.69) is 5.32 Å². The van der Waals surface area contributed by atoms with Crippen LogP contribution < -0.4 is 5.32 Å². The maximum atomic E-state index is 12.0. The molecule has 0 aliphatic rings. The van der Waals surface area contributed by atoms with E-state index in [4.69, 9.17) is 0 Å². The molecule has 0 aromatic heterocycles. The second-order valence-electron chi connectivity index (χ2n) is 5.68. The molecule has 0 bridgehead atoms. The molecule has 0 saturated carbocycles. The number of phenols is 1. The minimum atomic E-state index is 0.0104. The van der Waals surface area contributed by atoms with Crippen molar-refractivity contribution in [2.24, 2.45) is 0 Å². The third-order valence-corrected chi connectivity index (χ3v) is 3.85. The van der Waals surface area contributed by atoms with Gasteiger partial charge in [0, 0.05) is 6.54 Å². The number of benzene rings is 3. The van der Waals surface area contributed by atoms with Crippen LogP contribution in [0.15, 0.2) is 78.9 Å². The molecular formula is C21H19NO2. The van der Waals surface area contributed by atoms with Gasteiger partial charge in [-0.3, -0.25) is 4.79 Å². The summed E-state index contributed by atoms with van der Waals surface area (Å²) in [5.74, 6) is 0.265.